The molecule has 0 bridgehead atoms. The lowest BCUT2D eigenvalue weighted by Gasteiger charge is -2.26. The highest BCUT2D eigenvalue weighted by Crippen LogP contribution is 2.40. The molecule has 0 atom stereocenters. The van der Waals surface area contributed by atoms with Crippen LogP contribution in [0.25, 0.3) is 44.5 Å². The lowest BCUT2D eigenvalue weighted by atomic mass is 9.91. The fraction of sp³-hybridized carbons (Fsp3) is 0.176. The summed E-state index contributed by atoms with van der Waals surface area (Å²) in [5.74, 6) is 0. The lowest BCUT2D eigenvalue weighted by molar-refractivity contribution is 1.27. The Hall–Kier alpha value is -5.66. The highest BCUT2D eigenvalue weighted by atomic mass is 15.1. The summed E-state index contributed by atoms with van der Waals surface area (Å²) in [6.45, 7) is 19.8. The zero-order valence-corrected chi connectivity index (χ0v) is 32.1. The van der Waals surface area contributed by atoms with Gasteiger partial charge in [-0.1, -0.05) is 114 Å². The molecule has 7 aromatic rings. The zero-order chi connectivity index (χ0) is 36.7. The molecule has 0 aromatic heterocycles. The van der Waals surface area contributed by atoms with Crippen molar-refractivity contribution in [2.45, 2.75) is 62.3 Å². The Balaban J connectivity index is 1.28. The molecule has 52 heavy (non-hydrogen) atoms. The van der Waals surface area contributed by atoms with Gasteiger partial charge in [-0.25, -0.2) is 0 Å². The van der Waals surface area contributed by atoms with E-state index in [2.05, 4.69) is 201 Å². The molecule has 0 saturated carbocycles. The Labute approximate surface area is 311 Å². The highest BCUT2D eigenvalue weighted by Gasteiger charge is 2.16. The number of nitrogens with zero attached hydrogens (tertiary/aromatic N) is 1. The fourth-order valence-electron chi connectivity index (χ4n) is 8.23. The van der Waals surface area contributed by atoms with Gasteiger partial charge in [-0.05, 0) is 177 Å². The van der Waals surface area contributed by atoms with Crippen LogP contribution < -0.4 is 4.90 Å². The second-order valence-electron chi connectivity index (χ2n) is 14.9. The molecule has 0 amide bonds. The van der Waals surface area contributed by atoms with Crippen molar-refractivity contribution < 1.29 is 0 Å². The summed E-state index contributed by atoms with van der Waals surface area (Å²) >= 11 is 0. The Morgan fingerprint density at radius 2 is 0.558 bits per heavy atom. The van der Waals surface area contributed by atoms with Crippen molar-refractivity contribution in [2.24, 2.45) is 0 Å². The van der Waals surface area contributed by atoms with E-state index < -0.39 is 0 Å². The van der Waals surface area contributed by atoms with E-state index in [1.54, 1.807) is 0 Å². The van der Waals surface area contributed by atoms with E-state index in [0.29, 0.717) is 0 Å². The number of hydrogen-bond donors (Lipinski definition) is 0. The van der Waals surface area contributed by atoms with Gasteiger partial charge in [-0.15, -0.1) is 0 Å². The van der Waals surface area contributed by atoms with Gasteiger partial charge in [0.05, 0.1) is 0 Å². The summed E-state index contributed by atoms with van der Waals surface area (Å²) < 4.78 is 0. The molecule has 1 heteroatoms. The molecule has 0 N–H and O–H groups in total. The molecule has 0 fully saturated rings. The lowest BCUT2D eigenvalue weighted by Crippen LogP contribution is -2.10. The molecule has 0 aliphatic heterocycles. The Morgan fingerprint density at radius 1 is 0.269 bits per heavy atom. The number of benzene rings is 7. The van der Waals surface area contributed by atoms with Crippen molar-refractivity contribution in [3.8, 4) is 44.5 Å². The van der Waals surface area contributed by atoms with E-state index in [-0.39, 0.29) is 0 Å². The quantitative estimate of drug-likeness (QED) is 0.163. The zero-order valence-electron chi connectivity index (χ0n) is 32.1. The third-order valence-corrected chi connectivity index (χ3v) is 10.6. The number of anilines is 3. The van der Waals surface area contributed by atoms with Crippen molar-refractivity contribution in [1.29, 1.82) is 0 Å². The van der Waals surface area contributed by atoms with Gasteiger partial charge in [0, 0.05) is 17.1 Å². The van der Waals surface area contributed by atoms with Gasteiger partial charge < -0.3 is 4.90 Å². The van der Waals surface area contributed by atoms with Crippen molar-refractivity contribution in [2.75, 3.05) is 4.90 Å². The van der Waals surface area contributed by atoms with Crippen LogP contribution in [-0.4, -0.2) is 0 Å². The summed E-state index contributed by atoms with van der Waals surface area (Å²) in [6, 6.07) is 49.9. The molecule has 0 unspecified atom stereocenters. The van der Waals surface area contributed by atoms with Gasteiger partial charge in [-0.2, -0.15) is 0 Å². The third-order valence-electron chi connectivity index (χ3n) is 10.6. The average Bonchev–Trinajstić information content (AvgIpc) is 3.10. The van der Waals surface area contributed by atoms with E-state index in [1.807, 2.05) is 0 Å². The van der Waals surface area contributed by atoms with Crippen LogP contribution in [0.3, 0.4) is 0 Å². The molecule has 0 aliphatic rings. The molecule has 0 spiro atoms. The van der Waals surface area contributed by atoms with E-state index >= 15 is 0 Å². The molecule has 0 heterocycles. The number of aryl methyl sites for hydroxylation is 9. The van der Waals surface area contributed by atoms with Crippen LogP contribution in [0.2, 0.25) is 0 Å². The first kappa shape index (κ1) is 34.8. The summed E-state index contributed by atoms with van der Waals surface area (Å²) in [6.07, 6.45) is 0. The minimum Gasteiger partial charge on any atom is -0.311 e. The fourth-order valence-corrected chi connectivity index (χ4v) is 8.23. The number of rotatable bonds is 7. The van der Waals surface area contributed by atoms with Gasteiger partial charge >= 0.3 is 0 Å². The minimum atomic E-state index is 1.13. The highest BCUT2D eigenvalue weighted by molar-refractivity contribution is 5.83. The predicted octanol–water partition coefficient (Wildman–Crippen LogP) is 14.6. The molecular weight excluding hydrogens is 627 g/mol. The molecule has 0 aliphatic carbocycles. The van der Waals surface area contributed by atoms with E-state index in [4.69, 9.17) is 0 Å². The first-order valence-electron chi connectivity index (χ1n) is 18.4. The van der Waals surface area contributed by atoms with Crippen molar-refractivity contribution in [1.82, 2.24) is 0 Å². The maximum absolute atomic E-state index is 2.37. The Morgan fingerprint density at radius 3 is 0.885 bits per heavy atom. The standard InChI is InChI=1S/C51H49N/c1-32-10-12-41(13-11-32)48-30-36(5)49(31-35(48)4)42-14-20-45(21-15-42)52(46-22-16-43(17-23-46)50-37(6)26-33(2)27-38(50)7)47-24-18-44(19-25-47)51-39(8)28-34(3)29-40(51)9/h10-31H,1-9H3. The molecule has 0 radical (unpaired) electrons. The summed E-state index contributed by atoms with van der Waals surface area (Å²) in [7, 11) is 0. The first-order valence-corrected chi connectivity index (χ1v) is 18.4. The molecular formula is C51H49N. The molecule has 7 aromatic carbocycles. The minimum absolute atomic E-state index is 1.13. The van der Waals surface area contributed by atoms with Crippen molar-refractivity contribution in [3.63, 3.8) is 0 Å². The molecule has 258 valence electrons. The first-order chi connectivity index (χ1) is 25.0. The second-order valence-corrected chi connectivity index (χ2v) is 14.9. The van der Waals surface area contributed by atoms with E-state index in [0.717, 1.165) is 17.1 Å². The summed E-state index contributed by atoms with van der Waals surface area (Å²) in [5, 5.41) is 0. The predicted molar refractivity (Wildman–Crippen MR) is 226 cm³/mol. The van der Waals surface area contributed by atoms with E-state index in [1.165, 1.54) is 94.6 Å². The van der Waals surface area contributed by atoms with Crippen molar-refractivity contribution in [3.05, 3.63) is 184 Å². The maximum atomic E-state index is 2.37. The topological polar surface area (TPSA) is 3.24 Å². The van der Waals surface area contributed by atoms with Gasteiger partial charge in [0.15, 0.2) is 0 Å². The van der Waals surface area contributed by atoms with E-state index in [9.17, 15) is 0 Å². The average molecular weight is 676 g/mol. The molecule has 0 saturated heterocycles. The Kier molecular flexibility index (Phi) is 9.47. The summed E-state index contributed by atoms with van der Waals surface area (Å²) in [4.78, 5) is 2.37. The van der Waals surface area contributed by atoms with Crippen LogP contribution in [0, 0.1) is 62.3 Å². The molecule has 7 rings (SSSR count). The molecule has 1 nitrogen and oxygen atoms in total. The number of hydrogen-bond acceptors (Lipinski definition) is 1. The van der Waals surface area contributed by atoms with Gasteiger partial charge in [0.25, 0.3) is 0 Å². The third kappa shape index (κ3) is 6.84. The van der Waals surface area contributed by atoms with Gasteiger partial charge in [0.1, 0.15) is 0 Å². The normalized spacial score (nSPS) is 11.2. The van der Waals surface area contributed by atoms with Gasteiger partial charge in [0.2, 0.25) is 0 Å². The Bertz CT molecular complexity index is 2240. The largest absolute Gasteiger partial charge is 0.311 e. The summed E-state index contributed by atoms with van der Waals surface area (Å²) in [5.41, 5.74) is 25.3. The SMILES string of the molecule is Cc1ccc(-c2cc(C)c(-c3ccc(N(c4ccc(-c5c(C)cc(C)cc5C)cc4)c4ccc(-c5c(C)cc(C)cc5C)cc4)cc3)cc2C)cc1. The maximum Gasteiger partial charge on any atom is 0.0462 e. The van der Waals surface area contributed by atoms with Crippen LogP contribution in [0.4, 0.5) is 17.1 Å². The van der Waals surface area contributed by atoms with Crippen LogP contribution >= 0.6 is 0 Å². The van der Waals surface area contributed by atoms with Crippen LogP contribution in [0.5, 0.6) is 0 Å². The van der Waals surface area contributed by atoms with Crippen molar-refractivity contribution >= 4 is 17.1 Å². The monoisotopic (exact) mass is 675 g/mol. The second kappa shape index (κ2) is 14.2. The van der Waals surface area contributed by atoms with Gasteiger partial charge in [-0.3, -0.25) is 0 Å². The van der Waals surface area contributed by atoms with Crippen LogP contribution in [-0.2, 0) is 0 Å². The van der Waals surface area contributed by atoms with Crippen LogP contribution in [0.15, 0.2) is 133 Å². The smallest absolute Gasteiger partial charge is 0.0462 e. The van der Waals surface area contributed by atoms with Crippen LogP contribution in [0.1, 0.15) is 50.1 Å².